The molecule has 0 spiro atoms. The fourth-order valence-electron chi connectivity index (χ4n) is 3.62. The zero-order valence-electron chi connectivity index (χ0n) is 18.8. The molecule has 172 valence electrons. The van der Waals surface area contributed by atoms with Crippen molar-refractivity contribution in [3.63, 3.8) is 0 Å². The van der Waals surface area contributed by atoms with Crippen LogP contribution in [0.25, 0.3) is 0 Å². The van der Waals surface area contributed by atoms with E-state index >= 15 is 0 Å². The van der Waals surface area contributed by atoms with E-state index in [0.717, 1.165) is 67.5 Å². The molecule has 0 radical (unpaired) electrons. The van der Waals surface area contributed by atoms with Crippen LogP contribution in [0.15, 0.2) is 28.6 Å². The van der Waals surface area contributed by atoms with Crippen LogP contribution in [0.3, 0.4) is 0 Å². The molecule has 1 aliphatic rings. The molecule has 2 aromatic rings. The molecule has 1 fully saturated rings. The van der Waals surface area contributed by atoms with Gasteiger partial charge in [-0.1, -0.05) is 12.1 Å². The summed E-state index contributed by atoms with van der Waals surface area (Å²) in [6, 6.07) is 6.04. The third kappa shape index (κ3) is 8.14. The molecule has 6 nitrogen and oxygen atoms in total. The van der Waals surface area contributed by atoms with Crippen LogP contribution < -0.4 is 20.1 Å². The van der Waals surface area contributed by atoms with Crippen LogP contribution in [0.4, 0.5) is 0 Å². The molecule has 2 N–H and O–H groups in total. The van der Waals surface area contributed by atoms with E-state index in [1.54, 1.807) is 18.4 Å². The van der Waals surface area contributed by atoms with Crippen molar-refractivity contribution in [1.29, 1.82) is 0 Å². The molecule has 8 heteroatoms. The number of hydrogen-bond acceptors (Lipinski definition) is 5. The number of nitrogens with zero attached hydrogens (tertiary/aromatic N) is 2. The zero-order chi connectivity index (χ0) is 21.2. The topological polar surface area (TPSA) is 67.8 Å². The normalized spacial score (nSPS) is 14.2. The minimum absolute atomic E-state index is 0. The van der Waals surface area contributed by atoms with Gasteiger partial charge in [0, 0.05) is 36.1 Å². The van der Waals surface area contributed by atoms with E-state index in [4.69, 9.17) is 14.5 Å². The SMILES string of the molecule is CCNC(=NCc1cccc(OC)c1OC1CCCC1)NCCCc1nc(C)cs1.I. The highest BCUT2D eigenvalue weighted by Gasteiger charge is 2.20. The first-order chi connectivity index (χ1) is 14.7. The molecule has 3 rings (SSSR count). The van der Waals surface area contributed by atoms with Gasteiger partial charge < -0.3 is 20.1 Å². The van der Waals surface area contributed by atoms with Crippen LogP contribution in [0.5, 0.6) is 11.5 Å². The highest BCUT2D eigenvalue weighted by Crippen LogP contribution is 2.35. The first kappa shape index (κ1) is 25.7. The van der Waals surface area contributed by atoms with Crippen molar-refractivity contribution in [2.45, 2.75) is 65.0 Å². The molecule has 1 aliphatic carbocycles. The molecule has 0 bridgehead atoms. The number of aromatic nitrogens is 1. The van der Waals surface area contributed by atoms with E-state index in [1.807, 2.05) is 19.1 Å². The Bertz CT molecular complexity index is 822. The maximum atomic E-state index is 6.33. The van der Waals surface area contributed by atoms with Crippen LogP contribution >= 0.6 is 35.3 Å². The lowest BCUT2D eigenvalue weighted by molar-refractivity contribution is 0.198. The van der Waals surface area contributed by atoms with Gasteiger partial charge in [-0.15, -0.1) is 35.3 Å². The second-order valence-corrected chi connectivity index (χ2v) is 8.52. The number of nitrogens with one attached hydrogen (secondary N) is 2. The minimum Gasteiger partial charge on any atom is -0.493 e. The van der Waals surface area contributed by atoms with Gasteiger partial charge in [-0.2, -0.15) is 0 Å². The number of halogens is 1. The monoisotopic (exact) mass is 558 g/mol. The summed E-state index contributed by atoms with van der Waals surface area (Å²) in [6.45, 7) is 6.34. The van der Waals surface area contributed by atoms with E-state index in [9.17, 15) is 0 Å². The smallest absolute Gasteiger partial charge is 0.191 e. The second kappa shape index (κ2) is 13.8. The molecule has 0 unspecified atom stereocenters. The third-order valence-electron chi connectivity index (χ3n) is 5.15. The van der Waals surface area contributed by atoms with Crippen LogP contribution in [0.1, 0.15) is 55.3 Å². The van der Waals surface area contributed by atoms with Crippen LogP contribution in [0.2, 0.25) is 0 Å². The number of aryl methyl sites for hydroxylation is 2. The summed E-state index contributed by atoms with van der Waals surface area (Å²) in [6.07, 6.45) is 7.00. The summed E-state index contributed by atoms with van der Waals surface area (Å²) >= 11 is 1.73. The van der Waals surface area contributed by atoms with Crippen LogP contribution in [-0.4, -0.2) is 37.2 Å². The lowest BCUT2D eigenvalue weighted by Crippen LogP contribution is -2.37. The molecule has 0 atom stereocenters. The average Bonchev–Trinajstić information content (AvgIpc) is 3.41. The Hall–Kier alpha value is -1.55. The Morgan fingerprint density at radius 3 is 2.74 bits per heavy atom. The van der Waals surface area contributed by atoms with Crippen molar-refractivity contribution in [2.75, 3.05) is 20.2 Å². The molecule has 1 aromatic carbocycles. The second-order valence-electron chi connectivity index (χ2n) is 7.58. The van der Waals surface area contributed by atoms with Gasteiger partial charge in [0.15, 0.2) is 17.5 Å². The molecule has 0 saturated heterocycles. The highest BCUT2D eigenvalue weighted by atomic mass is 127. The standard InChI is InChI=1S/C23H34N4O2S.HI/c1-4-24-23(25-14-8-13-21-27-17(2)16-30-21)26-15-18-9-7-12-20(28-3)22(18)29-19-10-5-6-11-19;/h7,9,12,16,19H,4-6,8,10-11,13-15H2,1-3H3,(H2,24,25,26);1H. The number of ether oxygens (including phenoxy) is 2. The quantitative estimate of drug-likeness (QED) is 0.184. The van der Waals surface area contributed by atoms with Gasteiger partial charge in [0.05, 0.1) is 24.8 Å². The van der Waals surface area contributed by atoms with Crippen molar-refractivity contribution in [2.24, 2.45) is 4.99 Å². The van der Waals surface area contributed by atoms with Gasteiger partial charge >= 0.3 is 0 Å². The number of guanidine groups is 1. The maximum absolute atomic E-state index is 6.33. The summed E-state index contributed by atoms with van der Waals surface area (Å²) in [5.41, 5.74) is 2.16. The van der Waals surface area contributed by atoms with Crippen molar-refractivity contribution in [3.8, 4) is 11.5 Å². The number of rotatable bonds is 10. The largest absolute Gasteiger partial charge is 0.493 e. The molecule has 1 heterocycles. The van der Waals surface area contributed by atoms with E-state index in [-0.39, 0.29) is 30.1 Å². The Morgan fingerprint density at radius 2 is 2.06 bits per heavy atom. The van der Waals surface area contributed by atoms with E-state index < -0.39 is 0 Å². The summed E-state index contributed by atoms with van der Waals surface area (Å²) in [5, 5.41) is 10.1. The van der Waals surface area contributed by atoms with Crippen LogP contribution in [0, 0.1) is 6.92 Å². The number of para-hydroxylation sites is 1. The van der Waals surface area contributed by atoms with Crippen molar-refractivity contribution >= 4 is 41.3 Å². The van der Waals surface area contributed by atoms with Gasteiger partial charge in [0.2, 0.25) is 0 Å². The number of thiazole rings is 1. The predicted octanol–water partition coefficient (Wildman–Crippen LogP) is 5.09. The Kier molecular flexibility index (Phi) is 11.4. The summed E-state index contributed by atoms with van der Waals surface area (Å²) < 4.78 is 11.9. The van der Waals surface area contributed by atoms with E-state index in [1.165, 1.54) is 17.8 Å². The lowest BCUT2D eigenvalue weighted by Gasteiger charge is -2.19. The predicted molar refractivity (Wildman–Crippen MR) is 139 cm³/mol. The Balaban J connectivity index is 0.00000341. The fourth-order valence-corrected chi connectivity index (χ4v) is 4.44. The van der Waals surface area contributed by atoms with Gasteiger partial charge in [0.1, 0.15) is 0 Å². The number of aliphatic imine (C=N–C) groups is 1. The average molecular weight is 559 g/mol. The van der Waals surface area contributed by atoms with Gasteiger partial charge in [-0.05, 0) is 52.0 Å². The first-order valence-electron chi connectivity index (χ1n) is 10.9. The lowest BCUT2D eigenvalue weighted by atomic mass is 10.1. The number of hydrogen-bond donors (Lipinski definition) is 2. The number of methoxy groups -OCH3 is 1. The zero-order valence-corrected chi connectivity index (χ0v) is 21.9. The van der Waals surface area contributed by atoms with Crippen molar-refractivity contribution in [3.05, 3.63) is 39.8 Å². The highest BCUT2D eigenvalue weighted by molar-refractivity contribution is 14.0. The van der Waals surface area contributed by atoms with Crippen molar-refractivity contribution in [1.82, 2.24) is 15.6 Å². The molecule has 31 heavy (non-hydrogen) atoms. The molecule has 1 saturated carbocycles. The number of benzene rings is 1. The minimum atomic E-state index is 0. The Labute approximate surface area is 207 Å². The molecular formula is C23H35IN4O2S. The van der Waals surface area contributed by atoms with Crippen molar-refractivity contribution < 1.29 is 9.47 Å². The third-order valence-corrected chi connectivity index (χ3v) is 6.17. The maximum Gasteiger partial charge on any atom is 0.191 e. The fraction of sp³-hybridized carbons (Fsp3) is 0.565. The van der Waals surface area contributed by atoms with Gasteiger partial charge in [-0.25, -0.2) is 9.98 Å². The molecule has 0 amide bonds. The first-order valence-corrected chi connectivity index (χ1v) is 11.8. The summed E-state index contributed by atoms with van der Waals surface area (Å²) in [5.74, 6) is 2.44. The van der Waals surface area contributed by atoms with Gasteiger partial charge in [-0.3, -0.25) is 0 Å². The summed E-state index contributed by atoms with van der Waals surface area (Å²) in [7, 11) is 1.69. The summed E-state index contributed by atoms with van der Waals surface area (Å²) in [4.78, 5) is 9.32. The molecule has 0 aliphatic heterocycles. The van der Waals surface area contributed by atoms with Gasteiger partial charge in [0.25, 0.3) is 0 Å². The van der Waals surface area contributed by atoms with Crippen LogP contribution in [-0.2, 0) is 13.0 Å². The van der Waals surface area contributed by atoms with E-state index in [2.05, 4.69) is 34.0 Å². The molecular weight excluding hydrogens is 523 g/mol. The Morgan fingerprint density at radius 1 is 1.26 bits per heavy atom. The molecule has 1 aromatic heterocycles. The van der Waals surface area contributed by atoms with E-state index in [0.29, 0.717) is 6.54 Å².